The highest BCUT2D eigenvalue weighted by Crippen LogP contribution is 2.17. The van der Waals surface area contributed by atoms with Crippen molar-refractivity contribution in [3.63, 3.8) is 0 Å². The van der Waals surface area contributed by atoms with Gasteiger partial charge in [-0.15, -0.1) is 0 Å². The zero-order valence-corrected chi connectivity index (χ0v) is 9.02. The third kappa shape index (κ3) is 2.90. The number of rotatable bonds is 4. The van der Waals surface area contributed by atoms with Gasteiger partial charge in [0, 0.05) is 6.07 Å². The molecule has 1 rings (SSSR count). The Kier molecular flexibility index (Phi) is 3.60. The van der Waals surface area contributed by atoms with Gasteiger partial charge in [-0.05, 0) is 20.8 Å². The molecule has 0 aliphatic heterocycles. The van der Waals surface area contributed by atoms with Crippen LogP contribution in [0.5, 0.6) is 5.88 Å². The minimum atomic E-state index is -0.907. The molecule has 1 aromatic heterocycles. The van der Waals surface area contributed by atoms with Crippen LogP contribution in [0.15, 0.2) is 6.07 Å². The smallest absolute Gasteiger partial charge is 0.312 e. The fourth-order valence-electron chi connectivity index (χ4n) is 1.13. The van der Waals surface area contributed by atoms with Crippen LogP contribution in [0.2, 0.25) is 0 Å². The number of carboxylic acids is 1. The summed E-state index contributed by atoms with van der Waals surface area (Å²) in [6.45, 7) is 5.63. The average molecular weight is 210 g/mol. The zero-order chi connectivity index (χ0) is 11.4. The minimum absolute atomic E-state index is 0.424. The van der Waals surface area contributed by atoms with E-state index in [0.29, 0.717) is 24.0 Å². The van der Waals surface area contributed by atoms with Crippen molar-refractivity contribution in [3.05, 3.63) is 17.6 Å². The monoisotopic (exact) mass is 210 g/mol. The Bertz CT molecular complexity index is 366. The van der Waals surface area contributed by atoms with Crippen molar-refractivity contribution in [1.29, 1.82) is 0 Å². The van der Waals surface area contributed by atoms with Gasteiger partial charge in [-0.2, -0.15) is 4.98 Å². The summed E-state index contributed by atoms with van der Waals surface area (Å²) in [6, 6.07) is 1.56. The summed E-state index contributed by atoms with van der Waals surface area (Å²) in [5.41, 5.74) is 0.471. The summed E-state index contributed by atoms with van der Waals surface area (Å²) in [5.74, 6) is -0.612. The molecule has 15 heavy (non-hydrogen) atoms. The Morgan fingerprint density at radius 1 is 1.60 bits per heavy atom. The number of aliphatic carboxylic acids is 1. The van der Waals surface area contributed by atoms with Crippen LogP contribution in [0.25, 0.3) is 0 Å². The molecule has 0 spiro atoms. The Morgan fingerprint density at radius 2 is 2.27 bits per heavy atom. The van der Waals surface area contributed by atoms with Crippen molar-refractivity contribution in [2.45, 2.75) is 26.7 Å². The van der Waals surface area contributed by atoms with E-state index in [1.54, 1.807) is 19.9 Å². The van der Waals surface area contributed by atoms with E-state index in [4.69, 9.17) is 9.84 Å². The van der Waals surface area contributed by atoms with Gasteiger partial charge >= 0.3 is 5.97 Å². The van der Waals surface area contributed by atoms with Gasteiger partial charge in [0.2, 0.25) is 5.88 Å². The van der Waals surface area contributed by atoms with Crippen LogP contribution in [0.3, 0.4) is 0 Å². The third-order valence-electron chi connectivity index (χ3n) is 1.94. The largest absolute Gasteiger partial charge is 0.481 e. The fraction of sp³-hybridized carbons (Fsp3) is 0.500. The second-order valence-electron chi connectivity index (χ2n) is 3.17. The maximum Gasteiger partial charge on any atom is 0.312 e. The van der Waals surface area contributed by atoms with E-state index in [-0.39, 0.29) is 0 Å². The van der Waals surface area contributed by atoms with Gasteiger partial charge in [-0.3, -0.25) is 4.79 Å². The van der Waals surface area contributed by atoms with E-state index in [9.17, 15) is 4.79 Å². The summed E-state index contributed by atoms with van der Waals surface area (Å²) in [4.78, 5) is 18.9. The van der Waals surface area contributed by atoms with E-state index >= 15 is 0 Å². The van der Waals surface area contributed by atoms with Crippen LogP contribution in [0, 0.1) is 6.92 Å². The lowest BCUT2D eigenvalue weighted by Gasteiger charge is -2.08. The van der Waals surface area contributed by atoms with Crippen molar-refractivity contribution >= 4 is 5.97 Å². The summed E-state index contributed by atoms with van der Waals surface area (Å²) < 4.78 is 5.21. The predicted molar refractivity (Wildman–Crippen MR) is 54.0 cm³/mol. The number of carbonyl (C=O) groups is 1. The third-order valence-corrected chi connectivity index (χ3v) is 1.94. The van der Waals surface area contributed by atoms with Gasteiger partial charge in [0.25, 0.3) is 0 Å². The second-order valence-corrected chi connectivity index (χ2v) is 3.17. The number of aromatic nitrogens is 2. The predicted octanol–water partition coefficient (Wildman–Crippen LogP) is 1.37. The standard InChI is InChI=1S/C10H14N2O3/c1-4-15-9-5-8(6(2)10(13)14)11-7(3)12-9/h5-6H,4H2,1-3H3,(H,13,14). The molecular formula is C10H14N2O3. The molecule has 0 bridgehead atoms. The number of hydrogen-bond donors (Lipinski definition) is 1. The van der Waals surface area contributed by atoms with Gasteiger partial charge in [-0.25, -0.2) is 4.98 Å². The molecule has 0 fully saturated rings. The lowest BCUT2D eigenvalue weighted by molar-refractivity contribution is -0.138. The van der Waals surface area contributed by atoms with Crippen molar-refractivity contribution < 1.29 is 14.6 Å². The van der Waals surface area contributed by atoms with Crippen LogP contribution in [-0.2, 0) is 4.79 Å². The first-order valence-electron chi connectivity index (χ1n) is 4.75. The Labute approximate surface area is 88.1 Å². The van der Waals surface area contributed by atoms with E-state index in [2.05, 4.69) is 9.97 Å². The molecule has 0 aliphatic carbocycles. The lowest BCUT2D eigenvalue weighted by Crippen LogP contribution is -2.11. The molecule has 0 aromatic carbocycles. The molecule has 0 saturated carbocycles. The van der Waals surface area contributed by atoms with Crippen molar-refractivity contribution in [2.75, 3.05) is 6.61 Å². The second kappa shape index (κ2) is 4.72. The molecule has 5 nitrogen and oxygen atoms in total. The average Bonchev–Trinajstić information content (AvgIpc) is 2.16. The van der Waals surface area contributed by atoms with Gasteiger partial charge in [0.1, 0.15) is 5.82 Å². The topological polar surface area (TPSA) is 72.3 Å². The molecule has 0 radical (unpaired) electrons. The van der Waals surface area contributed by atoms with Crippen LogP contribution < -0.4 is 4.74 Å². The van der Waals surface area contributed by atoms with Crippen molar-refractivity contribution in [1.82, 2.24) is 9.97 Å². The van der Waals surface area contributed by atoms with Crippen molar-refractivity contribution in [3.8, 4) is 5.88 Å². The first-order valence-corrected chi connectivity index (χ1v) is 4.75. The van der Waals surface area contributed by atoms with Gasteiger partial charge in [0.05, 0.1) is 18.2 Å². The number of ether oxygens (including phenoxy) is 1. The molecule has 1 aromatic rings. The molecule has 82 valence electrons. The molecule has 1 atom stereocenters. The summed E-state index contributed by atoms with van der Waals surface area (Å²) in [5, 5.41) is 8.85. The molecule has 0 saturated heterocycles. The first-order chi connectivity index (χ1) is 7.04. The van der Waals surface area contributed by atoms with E-state index < -0.39 is 11.9 Å². The van der Waals surface area contributed by atoms with E-state index in [0.717, 1.165) is 0 Å². The highest BCUT2D eigenvalue weighted by Gasteiger charge is 2.16. The Balaban J connectivity index is 3.02. The first kappa shape index (κ1) is 11.4. The lowest BCUT2D eigenvalue weighted by atomic mass is 10.1. The van der Waals surface area contributed by atoms with Gasteiger partial charge in [0.15, 0.2) is 0 Å². The van der Waals surface area contributed by atoms with E-state index in [1.807, 2.05) is 6.92 Å². The fourth-order valence-corrected chi connectivity index (χ4v) is 1.13. The highest BCUT2D eigenvalue weighted by molar-refractivity contribution is 5.74. The maximum atomic E-state index is 10.8. The van der Waals surface area contributed by atoms with Gasteiger partial charge in [-0.1, -0.05) is 0 Å². The van der Waals surface area contributed by atoms with Crippen LogP contribution in [0.4, 0.5) is 0 Å². The summed E-state index contributed by atoms with van der Waals surface area (Å²) in [6.07, 6.45) is 0. The van der Waals surface area contributed by atoms with Crippen LogP contribution in [-0.4, -0.2) is 27.7 Å². The molecule has 1 heterocycles. The number of hydrogen-bond acceptors (Lipinski definition) is 4. The molecule has 5 heteroatoms. The normalized spacial score (nSPS) is 12.2. The molecule has 0 amide bonds. The quantitative estimate of drug-likeness (QED) is 0.812. The number of nitrogens with zero attached hydrogens (tertiary/aromatic N) is 2. The molecule has 0 aliphatic rings. The van der Waals surface area contributed by atoms with Crippen LogP contribution >= 0.6 is 0 Å². The SMILES string of the molecule is CCOc1cc(C(C)C(=O)O)nc(C)n1. The highest BCUT2D eigenvalue weighted by atomic mass is 16.5. The Morgan fingerprint density at radius 3 is 2.80 bits per heavy atom. The minimum Gasteiger partial charge on any atom is -0.481 e. The summed E-state index contributed by atoms with van der Waals surface area (Å²) >= 11 is 0. The zero-order valence-electron chi connectivity index (χ0n) is 9.02. The molecule has 1 N–H and O–H groups in total. The Hall–Kier alpha value is -1.65. The van der Waals surface area contributed by atoms with Crippen LogP contribution in [0.1, 0.15) is 31.3 Å². The van der Waals surface area contributed by atoms with E-state index in [1.165, 1.54) is 0 Å². The summed E-state index contributed by atoms with van der Waals surface area (Å²) in [7, 11) is 0. The molecular weight excluding hydrogens is 196 g/mol. The van der Waals surface area contributed by atoms with Crippen molar-refractivity contribution in [2.24, 2.45) is 0 Å². The van der Waals surface area contributed by atoms with Gasteiger partial charge < -0.3 is 9.84 Å². The maximum absolute atomic E-state index is 10.8. The molecule has 1 unspecified atom stereocenters. The number of aryl methyl sites for hydroxylation is 1. The number of carboxylic acid groups (broad SMARTS) is 1.